The first-order chi connectivity index (χ1) is 16.4. The fourth-order valence-corrected chi connectivity index (χ4v) is 4.49. The largest absolute Gasteiger partial charge is 0.462 e. The van der Waals surface area contributed by atoms with Gasteiger partial charge in [-0.05, 0) is 56.6 Å². The van der Waals surface area contributed by atoms with Crippen molar-refractivity contribution < 1.29 is 18.8 Å². The van der Waals surface area contributed by atoms with Crippen molar-refractivity contribution in [3.8, 4) is 11.4 Å². The molecule has 0 spiro atoms. The van der Waals surface area contributed by atoms with E-state index in [-0.39, 0.29) is 23.5 Å². The van der Waals surface area contributed by atoms with Crippen molar-refractivity contribution in [1.29, 1.82) is 0 Å². The molecular formula is C24H24BrClN4O4. The van der Waals surface area contributed by atoms with E-state index in [2.05, 4.69) is 36.3 Å². The number of nitrogens with zero attached hydrogens (tertiary/aromatic N) is 3. The van der Waals surface area contributed by atoms with Gasteiger partial charge >= 0.3 is 5.97 Å². The van der Waals surface area contributed by atoms with Gasteiger partial charge in [-0.1, -0.05) is 44.8 Å². The molecule has 1 unspecified atom stereocenters. The van der Waals surface area contributed by atoms with Gasteiger partial charge in [0.15, 0.2) is 0 Å². The third kappa shape index (κ3) is 6.02. The highest BCUT2D eigenvalue weighted by Gasteiger charge is 2.27. The highest BCUT2D eigenvalue weighted by atomic mass is 79.9. The van der Waals surface area contributed by atoms with Gasteiger partial charge in [0.05, 0.1) is 35.3 Å². The maximum atomic E-state index is 12.9. The summed E-state index contributed by atoms with van der Waals surface area (Å²) in [6.07, 6.45) is 1.65. The minimum Gasteiger partial charge on any atom is -0.462 e. The average Bonchev–Trinajstić information content (AvgIpc) is 3.29. The number of carbonyl (C=O) groups is 2. The van der Waals surface area contributed by atoms with Crippen LogP contribution in [-0.4, -0.2) is 46.6 Å². The van der Waals surface area contributed by atoms with Crippen LogP contribution >= 0.6 is 27.5 Å². The second-order valence-corrected chi connectivity index (χ2v) is 9.32. The van der Waals surface area contributed by atoms with E-state index in [9.17, 15) is 9.59 Å². The molecule has 0 saturated carbocycles. The van der Waals surface area contributed by atoms with Crippen LogP contribution in [0.15, 0.2) is 51.5 Å². The first-order valence-electron chi connectivity index (χ1n) is 11.0. The molecule has 1 aromatic heterocycles. The second-order valence-electron chi connectivity index (χ2n) is 8.00. The summed E-state index contributed by atoms with van der Waals surface area (Å²) < 4.78 is 11.4. The van der Waals surface area contributed by atoms with Gasteiger partial charge in [-0.25, -0.2) is 4.79 Å². The summed E-state index contributed by atoms with van der Waals surface area (Å²) in [6, 6.07) is 12.4. The van der Waals surface area contributed by atoms with Crippen LogP contribution < -0.4 is 5.32 Å². The van der Waals surface area contributed by atoms with Crippen LogP contribution in [0, 0.1) is 5.92 Å². The molecule has 1 aliphatic heterocycles. The lowest BCUT2D eigenvalue weighted by molar-refractivity contribution is -0.121. The Morgan fingerprint density at radius 3 is 2.91 bits per heavy atom. The summed E-state index contributed by atoms with van der Waals surface area (Å²) in [5, 5.41) is 7.26. The quantitative estimate of drug-likeness (QED) is 0.407. The van der Waals surface area contributed by atoms with Crippen LogP contribution in [0.2, 0.25) is 5.02 Å². The number of rotatable bonds is 7. The summed E-state index contributed by atoms with van der Waals surface area (Å²) in [7, 11) is 0. The standard InChI is InChI=1S/C24H24BrClN4O4/c1-2-33-24(32)16-8-9-20(19(26)12-16)27-23(31)17-6-4-10-30(13-17)14-21-28-22(29-34-21)15-5-3-7-18(25)11-15/h3,5,7-9,11-12,17H,2,4,6,10,13-14H2,1H3,(H,27,31). The zero-order chi connectivity index (χ0) is 24.1. The molecule has 1 N–H and O–H groups in total. The number of benzene rings is 2. The molecule has 34 heavy (non-hydrogen) atoms. The van der Waals surface area contributed by atoms with E-state index >= 15 is 0 Å². The number of amides is 1. The van der Waals surface area contributed by atoms with Crippen LogP contribution in [-0.2, 0) is 16.1 Å². The molecule has 1 atom stereocenters. The van der Waals surface area contributed by atoms with Crippen LogP contribution in [0.4, 0.5) is 5.69 Å². The number of piperidine rings is 1. The van der Waals surface area contributed by atoms with Gasteiger partial charge < -0.3 is 14.6 Å². The zero-order valence-corrected chi connectivity index (χ0v) is 20.9. The molecule has 0 bridgehead atoms. The van der Waals surface area contributed by atoms with Crippen LogP contribution in [0.1, 0.15) is 36.0 Å². The van der Waals surface area contributed by atoms with Crippen LogP contribution in [0.5, 0.6) is 0 Å². The minimum atomic E-state index is -0.450. The van der Waals surface area contributed by atoms with E-state index in [1.807, 2.05) is 24.3 Å². The molecule has 2 aromatic carbocycles. The fraction of sp³-hybridized carbons (Fsp3) is 0.333. The van der Waals surface area contributed by atoms with Crippen molar-refractivity contribution in [2.24, 2.45) is 5.92 Å². The summed E-state index contributed by atoms with van der Waals surface area (Å²) in [5.41, 5.74) is 1.68. The Morgan fingerprint density at radius 2 is 2.15 bits per heavy atom. The predicted octanol–water partition coefficient (Wildman–Crippen LogP) is 5.18. The van der Waals surface area contributed by atoms with Crippen molar-refractivity contribution in [3.05, 3.63) is 63.4 Å². The van der Waals surface area contributed by atoms with E-state index in [1.54, 1.807) is 19.1 Å². The fourth-order valence-electron chi connectivity index (χ4n) is 3.86. The lowest BCUT2D eigenvalue weighted by Gasteiger charge is -2.30. The molecule has 8 nitrogen and oxygen atoms in total. The molecule has 4 rings (SSSR count). The lowest BCUT2D eigenvalue weighted by Crippen LogP contribution is -2.40. The monoisotopic (exact) mass is 546 g/mol. The Hall–Kier alpha value is -2.75. The maximum absolute atomic E-state index is 12.9. The third-order valence-electron chi connectivity index (χ3n) is 5.52. The second kappa shape index (κ2) is 11.1. The van der Waals surface area contributed by atoms with Gasteiger partial charge in [0.25, 0.3) is 0 Å². The molecule has 0 aliphatic carbocycles. The van der Waals surface area contributed by atoms with Crippen LogP contribution in [0.3, 0.4) is 0 Å². The van der Waals surface area contributed by atoms with Gasteiger partial charge in [-0.3, -0.25) is 9.69 Å². The zero-order valence-electron chi connectivity index (χ0n) is 18.6. The molecule has 3 aromatic rings. The Bertz CT molecular complexity index is 1190. The Kier molecular flexibility index (Phi) is 7.97. The number of hydrogen-bond donors (Lipinski definition) is 1. The third-order valence-corrected chi connectivity index (χ3v) is 6.33. The number of esters is 1. The summed E-state index contributed by atoms with van der Waals surface area (Å²) in [6.45, 7) is 3.90. The van der Waals surface area contributed by atoms with Gasteiger partial charge in [-0.2, -0.15) is 4.98 Å². The van der Waals surface area contributed by atoms with Crippen molar-refractivity contribution in [2.75, 3.05) is 25.0 Å². The van der Waals surface area contributed by atoms with E-state index in [1.165, 1.54) is 6.07 Å². The van der Waals surface area contributed by atoms with E-state index in [0.29, 0.717) is 36.1 Å². The SMILES string of the molecule is CCOC(=O)c1ccc(NC(=O)C2CCCN(Cc3nc(-c4cccc(Br)c4)no3)C2)c(Cl)c1. The number of halogens is 2. The van der Waals surface area contributed by atoms with E-state index < -0.39 is 5.97 Å². The molecule has 1 saturated heterocycles. The number of likely N-dealkylation sites (tertiary alicyclic amines) is 1. The molecule has 2 heterocycles. The Labute approximate surface area is 210 Å². The Balaban J connectivity index is 1.36. The van der Waals surface area contributed by atoms with Crippen molar-refractivity contribution in [2.45, 2.75) is 26.3 Å². The number of anilines is 1. The lowest BCUT2D eigenvalue weighted by atomic mass is 9.97. The topological polar surface area (TPSA) is 97.6 Å². The smallest absolute Gasteiger partial charge is 0.338 e. The summed E-state index contributed by atoms with van der Waals surface area (Å²) in [4.78, 5) is 31.4. The van der Waals surface area contributed by atoms with Gasteiger partial charge in [0, 0.05) is 16.6 Å². The average molecular weight is 548 g/mol. The van der Waals surface area contributed by atoms with E-state index in [4.69, 9.17) is 20.9 Å². The molecule has 10 heteroatoms. The highest BCUT2D eigenvalue weighted by Crippen LogP contribution is 2.26. The normalized spacial score (nSPS) is 16.3. The number of carbonyl (C=O) groups excluding carboxylic acids is 2. The molecule has 1 fully saturated rings. The first-order valence-corrected chi connectivity index (χ1v) is 12.2. The minimum absolute atomic E-state index is 0.115. The summed E-state index contributed by atoms with van der Waals surface area (Å²) in [5.74, 6) is 0.268. The number of nitrogens with one attached hydrogen (secondary N) is 1. The number of hydrogen-bond acceptors (Lipinski definition) is 7. The molecule has 1 aliphatic rings. The highest BCUT2D eigenvalue weighted by molar-refractivity contribution is 9.10. The maximum Gasteiger partial charge on any atom is 0.338 e. The molecule has 1 amide bonds. The number of aromatic nitrogens is 2. The molecule has 178 valence electrons. The Morgan fingerprint density at radius 1 is 1.29 bits per heavy atom. The van der Waals surface area contributed by atoms with Gasteiger partial charge in [-0.15, -0.1) is 0 Å². The van der Waals surface area contributed by atoms with Gasteiger partial charge in [0.1, 0.15) is 0 Å². The van der Waals surface area contributed by atoms with Gasteiger partial charge in [0.2, 0.25) is 17.6 Å². The van der Waals surface area contributed by atoms with Crippen molar-refractivity contribution >= 4 is 45.1 Å². The van der Waals surface area contributed by atoms with E-state index in [0.717, 1.165) is 29.4 Å². The summed E-state index contributed by atoms with van der Waals surface area (Å²) >= 11 is 9.74. The van der Waals surface area contributed by atoms with Crippen molar-refractivity contribution in [1.82, 2.24) is 15.0 Å². The van der Waals surface area contributed by atoms with Crippen LogP contribution in [0.25, 0.3) is 11.4 Å². The molecular weight excluding hydrogens is 524 g/mol. The number of ether oxygens (including phenoxy) is 1. The molecule has 0 radical (unpaired) electrons. The predicted molar refractivity (Wildman–Crippen MR) is 131 cm³/mol. The first kappa shape index (κ1) is 24.4. The van der Waals surface area contributed by atoms with Crippen molar-refractivity contribution in [3.63, 3.8) is 0 Å².